The maximum Gasteiger partial charge on any atom is 0.340 e. The van der Waals surface area contributed by atoms with Gasteiger partial charge in [0.25, 0.3) is 0 Å². The predicted octanol–water partition coefficient (Wildman–Crippen LogP) is 3.28. The first-order chi connectivity index (χ1) is 11.6. The highest BCUT2D eigenvalue weighted by Crippen LogP contribution is 2.36. The van der Waals surface area contributed by atoms with E-state index in [0.717, 1.165) is 18.6 Å². The van der Waals surface area contributed by atoms with E-state index in [4.69, 9.17) is 14.2 Å². The molecule has 0 unspecified atom stereocenters. The highest BCUT2D eigenvalue weighted by molar-refractivity contribution is 6.06. The minimum absolute atomic E-state index is 0.254. The minimum Gasteiger partial charge on any atom is -0.477 e. The van der Waals surface area contributed by atoms with E-state index in [0.29, 0.717) is 24.0 Å². The second-order valence-corrected chi connectivity index (χ2v) is 6.29. The molecule has 6 nitrogen and oxygen atoms in total. The first-order valence-electron chi connectivity index (χ1n) is 8.32. The van der Waals surface area contributed by atoms with E-state index in [-0.39, 0.29) is 11.1 Å². The number of aromatic nitrogens is 1. The summed E-state index contributed by atoms with van der Waals surface area (Å²) >= 11 is 0. The molecule has 1 aliphatic carbocycles. The molecule has 0 bridgehead atoms. The number of hydrogen-bond acceptors (Lipinski definition) is 5. The summed E-state index contributed by atoms with van der Waals surface area (Å²) in [6, 6.07) is 0. The van der Waals surface area contributed by atoms with Crippen molar-refractivity contribution in [2.24, 2.45) is 5.92 Å². The largest absolute Gasteiger partial charge is 0.477 e. The van der Waals surface area contributed by atoms with Crippen LogP contribution in [0.5, 0.6) is 0 Å². The van der Waals surface area contributed by atoms with Crippen LogP contribution < -0.4 is 0 Å². The predicted molar refractivity (Wildman–Crippen MR) is 87.5 cm³/mol. The second-order valence-electron chi connectivity index (χ2n) is 6.29. The zero-order chi connectivity index (χ0) is 17.3. The Morgan fingerprint density at radius 1 is 1.08 bits per heavy atom. The fraction of sp³-hybridized carbons (Fsp3) is 0.556. The smallest absolute Gasteiger partial charge is 0.340 e. The number of ether oxygens (including phenoxy) is 3. The Morgan fingerprint density at radius 2 is 1.71 bits per heavy atom. The van der Waals surface area contributed by atoms with Crippen LogP contribution >= 0.6 is 0 Å². The van der Waals surface area contributed by atoms with Crippen LogP contribution in [0.1, 0.15) is 64.2 Å². The van der Waals surface area contributed by atoms with Gasteiger partial charge in [-0.3, -0.25) is 0 Å². The van der Waals surface area contributed by atoms with E-state index in [9.17, 15) is 9.59 Å². The number of nitrogens with zero attached hydrogens (tertiary/aromatic N) is 1. The van der Waals surface area contributed by atoms with Gasteiger partial charge in [-0.2, -0.15) is 0 Å². The van der Waals surface area contributed by atoms with E-state index in [1.807, 2.05) is 10.6 Å². The van der Waals surface area contributed by atoms with E-state index in [2.05, 4.69) is 0 Å². The Morgan fingerprint density at radius 3 is 2.33 bits per heavy atom. The molecule has 0 amide bonds. The van der Waals surface area contributed by atoms with Crippen molar-refractivity contribution in [3.05, 3.63) is 28.3 Å². The third-order valence-electron chi connectivity index (χ3n) is 4.99. The number of methoxy groups -OCH3 is 2. The van der Waals surface area contributed by atoms with Crippen LogP contribution in [-0.4, -0.2) is 30.7 Å². The Kier molecular flexibility index (Phi) is 4.64. The maximum absolute atomic E-state index is 12.3. The Hall–Kier alpha value is -2.24. The van der Waals surface area contributed by atoms with Crippen molar-refractivity contribution in [1.29, 1.82) is 0 Å². The van der Waals surface area contributed by atoms with Crippen LogP contribution in [-0.2, 0) is 20.9 Å². The van der Waals surface area contributed by atoms with Crippen molar-refractivity contribution in [2.45, 2.75) is 45.8 Å². The number of allylic oxidation sites excluding steroid dienone is 1. The standard InChI is InChI=1S/C18H23NO5/c1-11-15(17(20)22-2)16(18(21)23-3)13-9-14(24-10-19(11)13)12-7-5-4-6-8-12/h9,12H,4-8,10H2,1-3H3. The minimum atomic E-state index is -0.539. The van der Waals surface area contributed by atoms with Gasteiger partial charge in [-0.1, -0.05) is 19.3 Å². The SMILES string of the molecule is COC(=O)c1c(C(=O)OC)c2n(c1C)COC(C1CCCCC1)=C2. The van der Waals surface area contributed by atoms with Crippen molar-refractivity contribution in [3.8, 4) is 0 Å². The molecule has 1 fully saturated rings. The molecule has 3 rings (SSSR count). The van der Waals surface area contributed by atoms with Crippen LogP contribution in [0.15, 0.2) is 5.76 Å². The average Bonchev–Trinajstić information content (AvgIpc) is 2.93. The number of carbonyl (C=O) groups is 2. The summed E-state index contributed by atoms with van der Waals surface area (Å²) in [6.07, 6.45) is 7.75. The highest BCUT2D eigenvalue weighted by Gasteiger charge is 2.33. The molecule has 24 heavy (non-hydrogen) atoms. The van der Waals surface area contributed by atoms with Crippen LogP contribution in [0, 0.1) is 12.8 Å². The van der Waals surface area contributed by atoms with E-state index in [1.165, 1.54) is 33.5 Å². The number of esters is 2. The molecular weight excluding hydrogens is 310 g/mol. The van der Waals surface area contributed by atoms with Crippen LogP contribution in [0.2, 0.25) is 0 Å². The van der Waals surface area contributed by atoms with Crippen molar-refractivity contribution >= 4 is 18.0 Å². The number of rotatable bonds is 3. The molecule has 0 aromatic carbocycles. The van der Waals surface area contributed by atoms with Gasteiger partial charge in [0.2, 0.25) is 0 Å². The topological polar surface area (TPSA) is 66.8 Å². The van der Waals surface area contributed by atoms with E-state index in [1.54, 1.807) is 6.92 Å². The molecular formula is C18H23NO5. The summed E-state index contributed by atoms with van der Waals surface area (Å²) < 4.78 is 17.5. The lowest BCUT2D eigenvalue weighted by Crippen LogP contribution is -2.19. The molecule has 1 aromatic rings. The molecule has 1 saturated carbocycles. The third kappa shape index (κ3) is 2.70. The van der Waals surface area contributed by atoms with Crippen molar-refractivity contribution in [2.75, 3.05) is 14.2 Å². The fourth-order valence-corrected chi connectivity index (χ4v) is 3.67. The van der Waals surface area contributed by atoms with Gasteiger partial charge in [0.15, 0.2) is 6.73 Å². The molecule has 130 valence electrons. The molecule has 1 aromatic heterocycles. The van der Waals surface area contributed by atoms with Gasteiger partial charge in [-0.25, -0.2) is 9.59 Å². The lowest BCUT2D eigenvalue weighted by molar-refractivity contribution is 0.0555. The lowest BCUT2D eigenvalue weighted by atomic mass is 9.87. The molecule has 0 saturated heterocycles. The van der Waals surface area contributed by atoms with E-state index >= 15 is 0 Å². The molecule has 0 spiro atoms. The van der Waals surface area contributed by atoms with Gasteiger partial charge in [-0.05, 0) is 19.8 Å². The molecule has 2 heterocycles. The highest BCUT2D eigenvalue weighted by atomic mass is 16.5. The summed E-state index contributed by atoms with van der Waals surface area (Å²) in [6.45, 7) is 2.08. The summed E-state index contributed by atoms with van der Waals surface area (Å²) in [5.74, 6) is 0.215. The number of fused-ring (bicyclic) bond motifs is 1. The Labute approximate surface area is 141 Å². The molecule has 0 radical (unpaired) electrons. The van der Waals surface area contributed by atoms with Crippen LogP contribution in [0.4, 0.5) is 0 Å². The van der Waals surface area contributed by atoms with Gasteiger partial charge in [0.05, 0.1) is 31.0 Å². The summed E-state index contributed by atoms with van der Waals surface area (Å²) in [5, 5.41) is 0. The second kappa shape index (κ2) is 6.71. The zero-order valence-corrected chi connectivity index (χ0v) is 14.4. The monoisotopic (exact) mass is 333 g/mol. The molecule has 2 aliphatic rings. The summed E-state index contributed by atoms with van der Waals surface area (Å²) in [4.78, 5) is 24.5. The van der Waals surface area contributed by atoms with Gasteiger partial charge in [-0.15, -0.1) is 0 Å². The van der Waals surface area contributed by atoms with Gasteiger partial charge in [0, 0.05) is 17.7 Å². The number of hydrogen-bond donors (Lipinski definition) is 0. The Bertz CT molecular complexity index is 695. The van der Waals surface area contributed by atoms with E-state index < -0.39 is 11.9 Å². The normalized spacial score (nSPS) is 17.5. The van der Waals surface area contributed by atoms with Crippen LogP contribution in [0.3, 0.4) is 0 Å². The molecule has 1 aliphatic heterocycles. The van der Waals surface area contributed by atoms with Crippen molar-refractivity contribution < 1.29 is 23.8 Å². The molecule has 0 atom stereocenters. The van der Waals surface area contributed by atoms with Crippen LogP contribution in [0.25, 0.3) is 6.08 Å². The summed E-state index contributed by atoms with van der Waals surface area (Å²) in [5.41, 5.74) is 1.84. The first-order valence-corrected chi connectivity index (χ1v) is 8.32. The fourth-order valence-electron chi connectivity index (χ4n) is 3.67. The van der Waals surface area contributed by atoms with Gasteiger partial charge in [0.1, 0.15) is 5.76 Å². The average molecular weight is 333 g/mol. The molecule has 0 N–H and O–H groups in total. The van der Waals surface area contributed by atoms with Gasteiger partial charge < -0.3 is 18.8 Å². The van der Waals surface area contributed by atoms with Gasteiger partial charge >= 0.3 is 11.9 Å². The van der Waals surface area contributed by atoms with Crippen molar-refractivity contribution in [3.63, 3.8) is 0 Å². The zero-order valence-electron chi connectivity index (χ0n) is 14.4. The molecule has 6 heteroatoms. The lowest BCUT2D eigenvalue weighted by Gasteiger charge is -2.28. The summed E-state index contributed by atoms with van der Waals surface area (Å²) in [7, 11) is 2.62. The Balaban J connectivity index is 2.10. The number of carbonyl (C=O) groups excluding carboxylic acids is 2. The van der Waals surface area contributed by atoms with Crippen molar-refractivity contribution in [1.82, 2.24) is 4.57 Å². The maximum atomic E-state index is 12.3. The first kappa shape index (κ1) is 16.6. The quantitative estimate of drug-likeness (QED) is 0.794. The third-order valence-corrected chi connectivity index (χ3v) is 4.99.